The number of non-ortho nitro benzene ring substituents is 1. The summed E-state index contributed by atoms with van der Waals surface area (Å²) in [6.07, 6.45) is -0.343. The van der Waals surface area contributed by atoms with Gasteiger partial charge in [0.15, 0.2) is 18.9 Å². The average molecular weight is 334 g/mol. The summed E-state index contributed by atoms with van der Waals surface area (Å²) in [6.45, 7) is 7.35. The Morgan fingerprint density at radius 2 is 2.17 bits per heavy atom. The fourth-order valence-electron chi connectivity index (χ4n) is 2.78. The molecule has 0 spiro atoms. The fourth-order valence-corrected chi connectivity index (χ4v) is 2.78. The molecule has 128 valence electrons. The minimum Gasteiger partial charge on any atom is -0.476 e. The van der Waals surface area contributed by atoms with E-state index in [0.29, 0.717) is 32.0 Å². The summed E-state index contributed by atoms with van der Waals surface area (Å²) in [7, 11) is 0. The molecular formula is C16H20N3O5+. The highest BCUT2D eigenvalue weighted by atomic mass is 16.6. The summed E-state index contributed by atoms with van der Waals surface area (Å²) >= 11 is 0. The first-order chi connectivity index (χ1) is 11.2. The molecule has 1 amide bonds. The number of amides is 1. The number of benzene rings is 1. The molecule has 3 rings (SSSR count). The van der Waals surface area contributed by atoms with Gasteiger partial charge in [0, 0.05) is 12.1 Å². The molecule has 0 N–H and O–H groups in total. The van der Waals surface area contributed by atoms with Crippen LogP contribution in [0.2, 0.25) is 0 Å². The molecule has 0 saturated carbocycles. The second-order valence-corrected chi connectivity index (χ2v) is 6.82. The zero-order valence-corrected chi connectivity index (χ0v) is 13.9. The van der Waals surface area contributed by atoms with E-state index in [-0.39, 0.29) is 11.8 Å². The van der Waals surface area contributed by atoms with Crippen molar-refractivity contribution in [3.05, 3.63) is 28.3 Å². The molecule has 0 fully saturated rings. The van der Waals surface area contributed by atoms with Crippen molar-refractivity contribution in [3.63, 3.8) is 0 Å². The molecule has 1 aromatic rings. The molecule has 8 heteroatoms. The summed E-state index contributed by atoms with van der Waals surface area (Å²) < 4.78 is 13.1. The molecule has 0 atom stereocenters. The molecule has 1 aromatic carbocycles. The highest BCUT2D eigenvalue weighted by Gasteiger charge is 2.36. The molecule has 8 nitrogen and oxygen atoms in total. The van der Waals surface area contributed by atoms with Crippen LogP contribution in [-0.4, -0.2) is 58.0 Å². The number of nitro benzene ring substituents is 1. The molecule has 0 saturated heterocycles. The molecule has 2 aliphatic rings. The van der Waals surface area contributed by atoms with Gasteiger partial charge in [0.05, 0.1) is 17.5 Å². The van der Waals surface area contributed by atoms with E-state index in [1.165, 1.54) is 12.1 Å². The first kappa shape index (κ1) is 16.2. The summed E-state index contributed by atoms with van der Waals surface area (Å²) in [5.74, 6) is 0.499. The predicted molar refractivity (Wildman–Crippen MR) is 86.2 cm³/mol. The summed E-state index contributed by atoms with van der Waals surface area (Å²) in [5, 5.41) is 10.9. The molecule has 0 unspecified atom stereocenters. The maximum Gasteiger partial charge on any atom is 0.411 e. The molecule has 2 heterocycles. The lowest BCUT2D eigenvalue weighted by molar-refractivity contribution is -0.454. The van der Waals surface area contributed by atoms with Crippen molar-refractivity contribution in [1.29, 1.82) is 0 Å². The van der Waals surface area contributed by atoms with Crippen LogP contribution in [0.1, 0.15) is 20.8 Å². The Kier molecular flexibility index (Phi) is 3.90. The van der Waals surface area contributed by atoms with E-state index in [9.17, 15) is 14.9 Å². The summed E-state index contributed by atoms with van der Waals surface area (Å²) in [5.41, 5.74) is 1.21. The van der Waals surface area contributed by atoms with Crippen molar-refractivity contribution in [2.24, 2.45) is 0 Å². The molecule has 0 aliphatic carbocycles. The second-order valence-electron chi connectivity index (χ2n) is 6.82. The first-order valence-electron chi connectivity index (χ1n) is 7.76. The fraction of sp³-hybridized carbons (Fsp3) is 0.500. The minimum atomic E-state index is -0.534. The summed E-state index contributed by atoms with van der Waals surface area (Å²) in [4.78, 5) is 24.3. The number of carbonyl (C=O) groups excluding carboxylic acids is 1. The number of hydrogen-bond acceptors (Lipinski definition) is 5. The van der Waals surface area contributed by atoms with Gasteiger partial charge < -0.3 is 9.47 Å². The molecule has 2 aliphatic heterocycles. The van der Waals surface area contributed by atoms with Gasteiger partial charge in [0.2, 0.25) is 11.4 Å². The number of fused-ring (bicyclic) bond motifs is 2. The smallest absolute Gasteiger partial charge is 0.411 e. The van der Waals surface area contributed by atoms with Crippen LogP contribution in [0.3, 0.4) is 0 Å². The van der Waals surface area contributed by atoms with Crippen molar-refractivity contribution < 1.29 is 23.8 Å². The standard InChI is InChI=1S/C16H20N3O5/c1-16(2,3)24-15(20)17-6-7-18-12(9-17)10-23-14-8-11(19(21)22)4-5-13(14)18/h4-5,8H,6-7,9-10H2,1-3H3/q+1. The quantitative estimate of drug-likeness (QED) is 0.447. The van der Waals surface area contributed by atoms with Crippen LogP contribution in [-0.2, 0) is 4.74 Å². The number of ether oxygens (including phenoxy) is 2. The third-order valence-electron chi connectivity index (χ3n) is 3.84. The van der Waals surface area contributed by atoms with E-state index in [2.05, 4.69) is 4.58 Å². The number of nitro groups is 1. The van der Waals surface area contributed by atoms with E-state index in [1.807, 2.05) is 20.8 Å². The Balaban J connectivity index is 1.82. The Labute approximate surface area is 139 Å². The van der Waals surface area contributed by atoms with Gasteiger partial charge in [-0.25, -0.2) is 4.79 Å². The third-order valence-corrected chi connectivity index (χ3v) is 3.84. The zero-order chi connectivity index (χ0) is 17.5. The number of rotatable bonds is 1. The van der Waals surface area contributed by atoms with E-state index in [1.54, 1.807) is 11.0 Å². The topological polar surface area (TPSA) is 84.9 Å². The molecule has 0 bridgehead atoms. The predicted octanol–water partition coefficient (Wildman–Crippen LogP) is 2.32. The van der Waals surface area contributed by atoms with Crippen molar-refractivity contribution in [3.8, 4) is 5.75 Å². The van der Waals surface area contributed by atoms with Crippen molar-refractivity contribution in [2.45, 2.75) is 26.4 Å². The van der Waals surface area contributed by atoms with Gasteiger partial charge >= 0.3 is 6.09 Å². The Hall–Kier alpha value is -2.64. The van der Waals surface area contributed by atoms with Crippen LogP contribution in [0.5, 0.6) is 5.75 Å². The Morgan fingerprint density at radius 3 is 2.83 bits per heavy atom. The highest BCUT2D eigenvalue weighted by Crippen LogP contribution is 2.34. The molecule has 0 radical (unpaired) electrons. The van der Waals surface area contributed by atoms with Crippen LogP contribution in [0, 0.1) is 10.1 Å². The van der Waals surface area contributed by atoms with Crippen LogP contribution in [0.25, 0.3) is 0 Å². The van der Waals surface area contributed by atoms with Gasteiger partial charge in [0.1, 0.15) is 12.1 Å². The van der Waals surface area contributed by atoms with Gasteiger partial charge in [-0.2, -0.15) is 4.58 Å². The Morgan fingerprint density at radius 1 is 1.42 bits per heavy atom. The summed E-state index contributed by atoms with van der Waals surface area (Å²) in [6, 6.07) is 4.59. The lowest BCUT2D eigenvalue weighted by atomic mass is 10.1. The van der Waals surface area contributed by atoms with Crippen LogP contribution in [0.15, 0.2) is 18.2 Å². The van der Waals surface area contributed by atoms with Gasteiger partial charge in [-0.05, 0) is 20.8 Å². The van der Waals surface area contributed by atoms with E-state index < -0.39 is 10.5 Å². The minimum absolute atomic E-state index is 0.00425. The van der Waals surface area contributed by atoms with Crippen molar-refractivity contribution >= 4 is 23.2 Å². The van der Waals surface area contributed by atoms with E-state index >= 15 is 0 Å². The molecular weight excluding hydrogens is 314 g/mol. The first-order valence-corrected chi connectivity index (χ1v) is 7.76. The normalized spacial score (nSPS) is 16.9. The van der Waals surface area contributed by atoms with Crippen LogP contribution in [0.4, 0.5) is 16.2 Å². The van der Waals surface area contributed by atoms with E-state index in [0.717, 1.165) is 11.4 Å². The number of hydrogen-bond donors (Lipinski definition) is 0. The average Bonchev–Trinajstić information content (AvgIpc) is 2.51. The van der Waals surface area contributed by atoms with Gasteiger partial charge in [0.25, 0.3) is 5.69 Å². The number of nitrogens with zero attached hydrogens (tertiary/aromatic N) is 3. The number of carbonyl (C=O) groups is 1. The van der Waals surface area contributed by atoms with E-state index in [4.69, 9.17) is 9.47 Å². The maximum absolute atomic E-state index is 12.2. The SMILES string of the molecule is CC(C)(C)OC(=O)N1CC[N+]2=C(COc3cc([N+](=O)[O-])ccc32)C1. The molecule has 24 heavy (non-hydrogen) atoms. The largest absolute Gasteiger partial charge is 0.476 e. The van der Waals surface area contributed by atoms with Crippen molar-refractivity contribution in [1.82, 2.24) is 4.90 Å². The Bertz CT molecular complexity index is 736. The monoisotopic (exact) mass is 334 g/mol. The van der Waals surface area contributed by atoms with Gasteiger partial charge in [-0.1, -0.05) is 0 Å². The van der Waals surface area contributed by atoms with Crippen LogP contribution >= 0.6 is 0 Å². The van der Waals surface area contributed by atoms with Gasteiger partial charge in [-0.15, -0.1) is 0 Å². The third kappa shape index (κ3) is 3.17. The van der Waals surface area contributed by atoms with Crippen LogP contribution < -0.4 is 4.74 Å². The van der Waals surface area contributed by atoms with Crippen molar-refractivity contribution in [2.75, 3.05) is 26.2 Å². The molecule has 0 aromatic heterocycles. The highest BCUT2D eigenvalue weighted by molar-refractivity contribution is 5.89. The second kappa shape index (κ2) is 5.77. The maximum atomic E-state index is 12.2. The lowest BCUT2D eigenvalue weighted by Crippen LogP contribution is -2.50. The lowest BCUT2D eigenvalue weighted by Gasteiger charge is -2.30. The zero-order valence-electron chi connectivity index (χ0n) is 13.9. The van der Waals surface area contributed by atoms with Gasteiger partial charge in [-0.3, -0.25) is 15.0 Å².